The number of primary amides is 1. The molecule has 6 nitrogen and oxygen atoms in total. The summed E-state index contributed by atoms with van der Waals surface area (Å²) in [4.78, 5) is 22.6. The molecular weight excluding hydrogens is 220 g/mol. The van der Waals surface area contributed by atoms with Crippen molar-refractivity contribution in [1.29, 1.82) is 0 Å². The van der Waals surface area contributed by atoms with Gasteiger partial charge in [-0.3, -0.25) is 14.7 Å². The second kappa shape index (κ2) is 4.48. The first-order chi connectivity index (χ1) is 8.16. The first-order valence-corrected chi connectivity index (χ1v) is 4.87. The van der Waals surface area contributed by atoms with Crippen LogP contribution in [0.4, 0.5) is 5.69 Å². The van der Waals surface area contributed by atoms with Crippen LogP contribution in [0, 0.1) is 0 Å². The first-order valence-electron chi connectivity index (χ1n) is 4.87. The number of nitrogens with zero attached hydrogens (tertiary/aromatic N) is 1. The van der Waals surface area contributed by atoms with E-state index in [0.29, 0.717) is 16.8 Å². The minimum atomic E-state index is -0.521. The molecule has 2 rings (SSSR count). The zero-order valence-corrected chi connectivity index (χ0v) is 8.81. The molecule has 1 heterocycles. The number of aromatic nitrogens is 2. The lowest BCUT2D eigenvalue weighted by Crippen LogP contribution is -2.13. The molecule has 0 fully saturated rings. The number of carbonyl (C=O) groups is 2. The Hall–Kier alpha value is -2.63. The van der Waals surface area contributed by atoms with Gasteiger partial charge in [-0.1, -0.05) is 0 Å². The molecule has 1 aromatic carbocycles. The maximum atomic E-state index is 11.7. The Balaban J connectivity index is 2.12. The lowest BCUT2D eigenvalue weighted by molar-refractivity contribution is 0.0995. The third kappa shape index (κ3) is 2.49. The van der Waals surface area contributed by atoms with Crippen LogP contribution in [-0.2, 0) is 0 Å². The minimum Gasteiger partial charge on any atom is -0.366 e. The summed E-state index contributed by atoms with van der Waals surface area (Å²) in [5, 5.41) is 8.93. The van der Waals surface area contributed by atoms with E-state index in [1.807, 2.05) is 0 Å². The topological polar surface area (TPSA) is 101 Å². The Morgan fingerprint density at radius 3 is 2.35 bits per heavy atom. The van der Waals surface area contributed by atoms with E-state index in [1.165, 1.54) is 30.5 Å². The Morgan fingerprint density at radius 2 is 1.82 bits per heavy atom. The molecule has 0 bridgehead atoms. The van der Waals surface area contributed by atoms with E-state index in [1.54, 1.807) is 6.20 Å². The zero-order chi connectivity index (χ0) is 12.3. The number of hydrogen-bond donors (Lipinski definition) is 3. The summed E-state index contributed by atoms with van der Waals surface area (Å²) < 4.78 is 0. The number of H-pyrrole nitrogens is 1. The maximum absolute atomic E-state index is 11.7. The molecule has 2 aromatic rings. The number of nitrogens with two attached hydrogens (primary N) is 1. The normalized spacial score (nSPS) is 9.88. The third-order valence-electron chi connectivity index (χ3n) is 2.19. The fourth-order valence-electron chi connectivity index (χ4n) is 1.31. The highest BCUT2D eigenvalue weighted by Crippen LogP contribution is 2.08. The van der Waals surface area contributed by atoms with Gasteiger partial charge in [0.1, 0.15) is 0 Å². The van der Waals surface area contributed by atoms with Crippen LogP contribution in [0.2, 0.25) is 0 Å². The molecule has 0 unspecified atom stereocenters. The number of amides is 2. The standard InChI is InChI=1S/C11H10N4O2/c12-10(16)7-1-3-8(4-2-7)11(17)15-9-5-13-14-6-9/h1-6H,(H2,12,16)(H,13,14)(H,15,17). The van der Waals surface area contributed by atoms with Crippen molar-refractivity contribution in [2.75, 3.05) is 5.32 Å². The summed E-state index contributed by atoms with van der Waals surface area (Å²) in [6.45, 7) is 0. The summed E-state index contributed by atoms with van der Waals surface area (Å²) in [5.41, 5.74) is 6.48. The summed E-state index contributed by atoms with van der Waals surface area (Å²) in [6.07, 6.45) is 3.06. The molecule has 2 amide bonds. The Labute approximate surface area is 96.8 Å². The van der Waals surface area contributed by atoms with Crippen LogP contribution < -0.4 is 11.1 Å². The van der Waals surface area contributed by atoms with Gasteiger partial charge in [0.25, 0.3) is 5.91 Å². The van der Waals surface area contributed by atoms with E-state index in [4.69, 9.17) is 5.73 Å². The highest BCUT2D eigenvalue weighted by Gasteiger charge is 2.07. The monoisotopic (exact) mass is 230 g/mol. The molecular formula is C11H10N4O2. The molecule has 6 heteroatoms. The van der Waals surface area contributed by atoms with Crippen LogP contribution in [0.25, 0.3) is 0 Å². The number of nitrogens with one attached hydrogen (secondary N) is 2. The van der Waals surface area contributed by atoms with E-state index in [2.05, 4.69) is 15.5 Å². The van der Waals surface area contributed by atoms with E-state index >= 15 is 0 Å². The smallest absolute Gasteiger partial charge is 0.255 e. The molecule has 0 saturated heterocycles. The van der Waals surface area contributed by atoms with Gasteiger partial charge in [0.2, 0.25) is 5.91 Å². The van der Waals surface area contributed by atoms with Gasteiger partial charge in [0, 0.05) is 17.3 Å². The second-order valence-electron chi connectivity index (χ2n) is 3.38. The SMILES string of the molecule is NC(=O)c1ccc(C(=O)Nc2cn[nH]c2)cc1. The quantitative estimate of drug-likeness (QED) is 0.725. The van der Waals surface area contributed by atoms with E-state index in [-0.39, 0.29) is 5.91 Å². The van der Waals surface area contributed by atoms with Gasteiger partial charge >= 0.3 is 0 Å². The highest BCUT2D eigenvalue weighted by molar-refractivity contribution is 6.04. The van der Waals surface area contributed by atoms with Crippen molar-refractivity contribution in [2.24, 2.45) is 5.73 Å². The Morgan fingerprint density at radius 1 is 1.18 bits per heavy atom. The molecule has 0 atom stereocenters. The number of aromatic amines is 1. The Bertz CT molecular complexity index is 531. The van der Waals surface area contributed by atoms with Gasteiger partial charge < -0.3 is 11.1 Å². The lowest BCUT2D eigenvalue weighted by Gasteiger charge is -2.02. The maximum Gasteiger partial charge on any atom is 0.255 e. The van der Waals surface area contributed by atoms with Crippen LogP contribution in [0.1, 0.15) is 20.7 Å². The molecule has 0 aliphatic carbocycles. The fourth-order valence-corrected chi connectivity index (χ4v) is 1.31. The lowest BCUT2D eigenvalue weighted by atomic mass is 10.1. The van der Waals surface area contributed by atoms with Gasteiger partial charge in [-0.05, 0) is 24.3 Å². The molecule has 4 N–H and O–H groups in total. The minimum absolute atomic E-state index is 0.276. The van der Waals surface area contributed by atoms with Crippen molar-refractivity contribution in [3.63, 3.8) is 0 Å². The number of benzene rings is 1. The third-order valence-corrected chi connectivity index (χ3v) is 2.19. The number of carbonyl (C=O) groups excluding carboxylic acids is 2. The van der Waals surface area contributed by atoms with Crippen molar-refractivity contribution in [3.05, 3.63) is 47.8 Å². The number of hydrogen-bond acceptors (Lipinski definition) is 3. The van der Waals surface area contributed by atoms with Crippen LogP contribution in [0.15, 0.2) is 36.7 Å². The average Bonchev–Trinajstić information content (AvgIpc) is 2.82. The molecule has 17 heavy (non-hydrogen) atoms. The largest absolute Gasteiger partial charge is 0.366 e. The van der Waals surface area contributed by atoms with Crippen molar-refractivity contribution in [1.82, 2.24) is 10.2 Å². The Kier molecular flexibility index (Phi) is 2.87. The van der Waals surface area contributed by atoms with Crippen molar-refractivity contribution < 1.29 is 9.59 Å². The second-order valence-corrected chi connectivity index (χ2v) is 3.38. The zero-order valence-electron chi connectivity index (χ0n) is 8.81. The van der Waals surface area contributed by atoms with E-state index < -0.39 is 5.91 Å². The van der Waals surface area contributed by atoms with Gasteiger partial charge in [-0.25, -0.2) is 0 Å². The van der Waals surface area contributed by atoms with Crippen molar-refractivity contribution in [2.45, 2.75) is 0 Å². The summed E-state index contributed by atoms with van der Waals surface area (Å²) in [7, 11) is 0. The summed E-state index contributed by atoms with van der Waals surface area (Å²) in [6, 6.07) is 6.09. The molecule has 86 valence electrons. The predicted molar refractivity (Wildman–Crippen MR) is 61.5 cm³/mol. The van der Waals surface area contributed by atoms with Crippen LogP contribution in [0.3, 0.4) is 0 Å². The van der Waals surface area contributed by atoms with Gasteiger partial charge in [-0.2, -0.15) is 5.10 Å². The highest BCUT2D eigenvalue weighted by atomic mass is 16.2. The molecule has 0 spiro atoms. The predicted octanol–water partition coefficient (Wildman–Crippen LogP) is 0.761. The van der Waals surface area contributed by atoms with Crippen molar-refractivity contribution >= 4 is 17.5 Å². The fraction of sp³-hybridized carbons (Fsp3) is 0. The molecule has 0 aliphatic rings. The average molecular weight is 230 g/mol. The van der Waals surface area contributed by atoms with E-state index in [9.17, 15) is 9.59 Å². The summed E-state index contributed by atoms with van der Waals surface area (Å²) >= 11 is 0. The van der Waals surface area contributed by atoms with Gasteiger partial charge in [0.05, 0.1) is 11.9 Å². The number of rotatable bonds is 3. The first kappa shape index (κ1) is 10.9. The van der Waals surface area contributed by atoms with Gasteiger partial charge in [-0.15, -0.1) is 0 Å². The molecule has 1 aromatic heterocycles. The van der Waals surface area contributed by atoms with Crippen LogP contribution >= 0.6 is 0 Å². The molecule has 0 aliphatic heterocycles. The van der Waals surface area contributed by atoms with E-state index in [0.717, 1.165) is 0 Å². The molecule has 0 radical (unpaired) electrons. The van der Waals surface area contributed by atoms with Crippen LogP contribution in [0.5, 0.6) is 0 Å². The summed E-state index contributed by atoms with van der Waals surface area (Å²) in [5.74, 6) is -0.797. The molecule has 0 saturated carbocycles. The van der Waals surface area contributed by atoms with Crippen LogP contribution in [-0.4, -0.2) is 22.0 Å². The van der Waals surface area contributed by atoms with Gasteiger partial charge in [0.15, 0.2) is 0 Å². The van der Waals surface area contributed by atoms with Crippen molar-refractivity contribution in [3.8, 4) is 0 Å². The number of anilines is 1.